The number of piperidine rings is 1. The number of hydrogen-bond acceptors (Lipinski definition) is 5. The Morgan fingerprint density at radius 3 is 2.61 bits per heavy atom. The number of aliphatic hydroxyl groups excluding tert-OH is 1. The van der Waals surface area contributed by atoms with Crippen molar-refractivity contribution in [2.75, 3.05) is 46.6 Å². The van der Waals surface area contributed by atoms with Crippen molar-refractivity contribution < 1.29 is 24.5 Å². The summed E-state index contributed by atoms with van der Waals surface area (Å²) in [5.41, 5.74) is 0. The first-order valence-corrected chi connectivity index (χ1v) is 6.33. The molecule has 1 rings (SSSR count). The maximum Gasteiger partial charge on any atom is 0.306 e. The summed E-state index contributed by atoms with van der Waals surface area (Å²) in [5.74, 6) is -0.936. The fourth-order valence-electron chi connectivity index (χ4n) is 2.07. The number of methoxy groups -OCH3 is 1. The number of hydrogen-bond donors (Lipinski definition) is 2. The Balaban J connectivity index is 2.10. The first-order valence-electron chi connectivity index (χ1n) is 6.33. The van der Waals surface area contributed by atoms with Crippen molar-refractivity contribution in [1.29, 1.82) is 0 Å². The monoisotopic (exact) mass is 261 g/mol. The Kier molecular flexibility index (Phi) is 7.19. The van der Waals surface area contributed by atoms with Crippen LogP contribution in [0.25, 0.3) is 0 Å². The number of nitrogens with zero attached hydrogens (tertiary/aromatic N) is 1. The van der Waals surface area contributed by atoms with Crippen molar-refractivity contribution in [3.05, 3.63) is 0 Å². The molecule has 1 atom stereocenters. The second kappa shape index (κ2) is 8.42. The van der Waals surface area contributed by atoms with Gasteiger partial charge in [-0.2, -0.15) is 0 Å². The molecule has 0 radical (unpaired) electrons. The Hall–Kier alpha value is -0.690. The highest BCUT2D eigenvalue weighted by molar-refractivity contribution is 5.70. The van der Waals surface area contributed by atoms with Crippen LogP contribution in [0, 0.1) is 5.92 Å². The van der Waals surface area contributed by atoms with Crippen LogP contribution in [0.3, 0.4) is 0 Å². The molecule has 1 aliphatic rings. The standard InChI is InChI=1S/C12H23NO5/c1-17-6-7-18-9-11(14)8-13-4-2-10(3-5-13)12(15)16/h10-11,14H,2-9H2,1H3,(H,15,16). The van der Waals surface area contributed by atoms with Gasteiger partial charge in [-0.15, -0.1) is 0 Å². The average Bonchev–Trinajstić information content (AvgIpc) is 2.35. The molecule has 0 aromatic rings. The van der Waals surface area contributed by atoms with Crippen LogP contribution in [0.15, 0.2) is 0 Å². The Morgan fingerprint density at radius 2 is 2.06 bits per heavy atom. The van der Waals surface area contributed by atoms with Crippen molar-refractivity contribution in [3.63, 3.8) is 0 Å². The predicted molar refractivity (Wildman–Crippen MR) is 65.5 cm³/mol. The lowest BCUT2D eigenvalue weighted by Gasteiger charge is -2.31. The third-order valence-corrected chi connectivity index (χ3v) is 3.15. The third kappa shape index (κ3) is 5.77. The van der Waals surface area contributed by atoms with Gasteiger partial charge in [0.1, 0.15) is 0 Å². The molecule has 2 N–H and O–H groups in total. The average molecular weight is 261 g/mol. The van der Waals surface area contributed by atoms with E-state index in [4.69, 9.17) is 14.6 Å². The van der Waals surface area contributed by atoms with Gasteiger partial charge in [0.2, 0.25) is 0 Å². The molecule has 0 amide bonds. The lowest BCUT2D eigenvalue weighted by molar-refractivity contribution is -0.143. The molecule has 1 fully saturated rings. The first kappa shape index (κ1) is 15.4. The van der Waals surface area contributed by atoms with E-state index < -0.39 is 12.1 Å². The number of aliphatic carboxylic acids is 1. The van der Waals surface area contributed by atoms with Crippen molar-refractivity contribution in [3.8, 4) is 0 Å². The van der Waals surface area contributed by atoms with Crippen molar-refractivity contribution >= 4 is 5.97 Å². The zero-order chi connectivity index (χ0) is 13.4. The number of rotatable bonds is 8. The van der Waals surface area contributed by atoms with E-state index in [2.05, 4.69) is 4.90 Å². The minimum Gasteiger partial charge on any atom is -0.481 e. The molecule has 1 saturated heterocycles. The van der Waals surface area contributed by atoms with Gasteiger partial charge in [-0.05, 0) is 25.9 Å². The molecular weight excluding hydrogens is 238 g/mol. The zero-order valence-electron chi connectivity index (χ0n) is 10.9. The molecular formula is C12H23NO5. The third-order valence-electron chi connectivity index (χ3n) is 3.15. The summed E-state index contributed by atoms with van der Waals surface area (Å²) >= 11 is 0. The van der Waals surface area contributed by atoms with E-state index in [0.29, 0.717) is 39.2 Å². The van der Waals surface area contributed by atoms with Crippen LogP contribution in [0.5, 0.6) is 0 Å². The van der Waals surface area contributed by atoms with Crippen molar-refractivity contribution in [2.24, 2.45) is 5.92 Å². The number of ether oxygens (including phenoxy) is 2. The first-order chi connectivity index (χ1) is 8.63. The van der Waals surface area contributed by atoms with Gasteiger partial charge >= 0.3 is 5.97 Å². The van der Waals surface area contributed by atoms with Crippen LogP contribution in [0.2, 0.25) is 0 Å². The maximum absolute atomic E-state index is 10.8. The number of β-amino-alcohol motifs (C(OH)–C–C–N with tert-alkyl or cyclic N) is 1. The van der Waals surface area contributed by atoms with E-state index in [1.165, 1.54) is 0 Å². The van der Waals surface area contributed by atoms with E-state index in [-0.39, 0.29) is 5.92 Å². The minimum atomic E-state index is -0.710. The molecule has 1 unspecified atom stereocenters. The van der Waals surface area contributed by atoms with Gasteiger partial charge in [-0.25, -0.2) is 0 Å². The van der Waals surface area contributed by atoms with Crippen LogP contribution < -0.4 is 0 Å². The topological polar surface area (TPSA) is 79.2 Å². The van der Waals surface area contributed by atoms with E-state index in [1.807, 2.05) is 0 Å². The zero-order valence-corrected chi connectivity index (χ0v) is 10.9. The highest BCUT2D eigenvalue weighted by atomic mass is 16.5. The molecule has 0 bridgehead atoms. The number of likely N-dealkylation sites (tertiary alicyclic amines) is 1. The summed E-state index contributed by atoms with van der Waals surface area (Å²) in [6.07, 6.45) is 0.794. The number of carboxylic acid groups (broad SMARTS) is 1. The molecule has 18 heavy (non-hydrogen) atoms. The molecule has 1 heterocycles. The van der Waals surface area contributed by atoms with Gasteiger partial charge in [0, 0.05) is 13.7 Å². The van der Waals surface area contributed by atoms with Crippen molar-refractivity contribution in [1.82, 2.24) is 4.90 Å². The Morgan fingerprint density at radius 1 is 1.39 bits per heavy atom. The van der Waals surface area contributed by atoms with Crippen LogP contribution >= 0.6 is 0 Å². The second-order valence-corrected chi connectivity index (χ2v) is 4.63. The maximum atomic E-state index is 10.8. The van der Waals surface area contributed by atoms with E-state index in [1.54, 1.807) is 7.11 Å². The summed E-state index contributed by atoms with van der Waals surface area (Å²) in [6, 6.07) is 0. The summed E-state index contributed by atoms with van der Waals surface area (Å²) in [6.45, 7) is 3.30. The molecule has 1 aliphatic heterocycles. The SMILES string of the molecule is COCCOCC(O)CN1CCC(C(=O)O)CC1. The summed E-state index contributed by atoms with van der Waals surface area (Å²) < 4.78 is 10.1. The molecule has 106 valence electrons. The fourth-order valence-corrected chi connectivity index (χ4v) is 2.07. The summed E-state index contributed by atoms with van der Waals surface area (Å²) in [5, 5.41) is 18.6. The highest BCUT2D eigenvalue weighted by Gasteiger charge is 2.25. The molecule has 0 aromatic heterocycles. The molecule has 0 aliphatic carbocycles. The predicted octanol–water partition coefficient (Wildman–Crippen LogP) is -0.193. The molecule has 6 heteroatoms. The largest absolute Gasteiger partial charge is 0.481 e. The summed E-state index contributed by atoms with van der Waals surface area (Å²) in [7, 11) is 1.60. The van der Waals surface area contributed by atoms with Gasteiger partial charge in [-0.1, -0.05) is 0 Å². The molecule has 0 aromatic carbocycles. The summed E-state index contributed by atoms with van der Waals surface area (Å²) in [4.78, 5) is 12.9. The van der Waals surface area contributed by atoms with Crippen LogP contribution in [-0.2, 0) is 14.3 Å². The fraction of sp³-hybridized carbons (Fsp3) is 0.917. The van der Waals surface area contributed by atoms with Crippen molar-refractivity contribution in [2.45, 2.75) is 18.9 Å². The number of carboxylic acids is 1. The smallest absolute Gasteiger partial charge is 0.306 e. The van der Waals surface area contributed by atoms with Gasteiger partial charge < -0.3 is 24.6 Å². The van der Waals surface area contributed by atoms with Gasteiger partial charge in [0.15, 0.2) is 0 Å². The van der Waals surface area contributed by atoms with Gasteiger partial charge in [0.25, 0.3) is 0 Å². The van der Waals surface area contributed by atoms with Crippen LogP contribution in [0.4, 0.5) is 0 Å². The quantitative estimate of drug-likeness (QED) is 0.589. The van der Waals surface area contributed by atoms with Crippen LogP contribution in [0.1, 0.15) is 12.8 Å². The lowest BCUT2D eigenvalue weighted by atomic mass is 9.97. The number of carbonyl (C=O) groups is 1. The lowest BCUT2D eigenvalue weighted by Crippen LogP contribution is -2.41. The van der Waals surface area contributed by atoms with Crippen LogP contribution in [-0.4, -0.2) is 73.8 Å². The van der Waals surface area contributed by atoms with E-state index >= 15 is 0 Å². The second-order valence-electron chi connectivity index (χ2n) is 4.63. The molecule has 6 nitrogen and oxygen atoms in total. The van der Waals surface area contributed by atoms with E-state index in [0.717, 1.165) is 13.1 Å². The molecule has 0 spiro atoms. The van der Waals surface area contributed by atoms with E-state index in [9.17, 15) is 9.90 Å². The van der Waals surface area contributed by atoms with Gasteiger partial charge in [-0.3, -0.25) is 4.79 Å². The molecule has 0 saturated carbocycles. The number of aliphatic hydroxyl groups is 1. The normalized spacial score (nSPS) is 19.9. The minimum absolute atomic E-state index is 0.226. The van der Waals surface area contributed by atoms with Gasteiger partial charge in [0.05, 0.1) is 31.8 Å². The Bertz CT molecular complexity index is 241. The Labute approximate surface area is 107 Å². The highest BCUT2D eigenvalue weighted by Crippen LogP contribution is 2.17.